The van der Waals surface area contributed by atoms with Crippen LogP contribution in [0.15, 0.2) is 36.8 Å². The molecular weight excluding hydrogens is 228 g/mol. The van der Waals surface area contributed by atoms with Crippen molar-refractivity contribution in [3.63, 3.8) is 0 Å². The van der Waals surface area contributed by atoms with Gasteiger partial charge in [-0.05, 0) is 31.5 Å². The first kappa shape index (κ1) is 12.6. The van der Waals surface area contributed by atoms with E-state index in [1.807, 2.05) is 35.0 Å². The Hall–Kier alpha value is -1.81. The zero-order valence-electron chi connectivity index (χ0n) is 10.7. The van der Waals surface area contributed by atoms with E-state index in [4.69, 9.17) is 4.74 Å². The normalized spacial score (nSPS) is 12.4. The van der Waals surface area contributed by atoms with Crippen molar-refractivity contribution in [1.82, 2.24) is 9.55 Å². The molecule has 0 saturated carbocycles. The fourth-order valence-corrected chi connectivity index (χ4v) is 1.77. The van der Waals surface area contributed by atoms with Crippen LogP contribution in [0.2, 0.25) is 0 Å². The highest BCUT2D eigenvalue weighted by atomic mass is 16.5. The molecule has 96 valence electrons. The number of ether oxygens (including phenoxy) is 1. The molecule has 4 heteroatoms. The van der Waals surface area contributed by atoms with E-state index >= 15 is 0 Å². The lowest BCUT2D eigenvalue weighted by Gasteiger charge is -2.10. The quantitative estimate of drug-likeness (QED) is 0.882. The summed E-state index contributed by atoms with van der Waals surface area (Å²) in [5, 5.41) is 9.51. The Kier molecular flexibility index (Phi) is 3.99. The number of aromatic nitrogens is 2. The summed E-state index contributed by atoms with van der Waals surface area (Å²) in [4.78, 5) is 4.09. The maximum absolute atomic E-state index is 9.51. The SMILES string of the molecule is CCn1cncc1COc1cccc([C@@H](C)O)c1. The Balaban J connectivity index is 2.04. The predicted molar refractivity (Wildman–Crippen MR) is 69.3 cm³/mol. The van der Waals surface area contributed by atoms with Gasteiger partial charge >= 0.3 is 0 Å². The molecule has 0 bridgehead atoms. The Morgan fingerprint density at radius 3 is 3.00 bits per heavy atom. The molecular formula is C14H18N2O2. The minimum absolute atomic E-state index is 0.477. The van der Waals surface area contributed by atoms with E-state index < -0.39 is 6.10 Å². The minimum atomic E-state index is -0.477. The number of hydrogen-bond donors (Lipinski definition) is 1. The monoisotopic (exact) mass is 246 g/mol. The van der Waals surface area contributed by atoms with Crippen molar-refractivity contribution < 1.29 is 9.84 Å². The van der Waals surface area contributed by atoms with Crippen LogP contribution in [0.4, 0.5) is 0 Å². The zero-order chi connectivity index (χ0) is 13.0. The lowest BCUT2D eigenvalue weighted by atomic mass is 10.1. The second-order valence-corrected chi connectivity index (χ2v) is 4.21. The molecule has 2 rings (SSSR count). The van der Waals surface area contributed by atoms with Crippen molar-refractivity contribution in [2.45, 2.75) is 33.1 Å². The first-order chi connectivity index (χ1) is 8.70. The largest absolute Gasteiger partial charge is 0.487 e. The molecule has 0 fully saturated rings. The number of imidazole rings is 1. The Morgan fingerprint density at radius 1 is 1.44 bits per heavy atom. The van der Waals surface area contributed by atoms with E-state index in [1.54, 1.807) is 13.3 Å². The molecule has 0 spiro atoms. The third kappa shape index (κ3) is 2.90. The maximum Gasteiger partial charge on any atom is 0.130 e. The van der Waals surface area contributed by atoms with Gasteiger partial charge in [-0.1, -0.05) is 12.1 Å². The smallest absolute Gasteiger partial charge is 0.130 e. The lowest BCUT2D eigenvalue weighted by Crippen LogP contribution is -2.04. The van der Waals surface area contributed by atoms with Gasteiger partial charge in [0.05, 0.1) is 24.3 Å². The van der Waals surface area contributed by atoms with Crippen molar-refractivity contribution >= 4 is 0 Å². The molecule has 0 unspecified atom stereocenters. The van der Waals surface area contributed by atoms with Crippen LogP contribution < -0.4 is 4.74 Å². The summed E-state index contributed by atoms with van der Waals surface area (Å²) in [6.45, 7) is 5.17. The van der Waals surface area contributed by atoms with E-state index in [-0.39, 0.29) is 0 Å². The van der Waals surface area contributed by atoms with Crippen LogP contribution in [-0.4, -0.2) is 14.7 Å². The number of hydrogen-bond acceptors (Lipinski definition) is 3. The first-order valence-corrected chi connectivity index (χ1v) is 6.10. The van der Waals surface area contributed by atoms with E-state index in [2.05, 4.69) is 11.9 Å². The maximum atomic E-state index is 9.51. The van der Waals surface area contributed by atoms with Crippen LogP contribution in [-0.2, 0) is 13.2 Å². The van der Waals surface area contributed by atoms with E-state index in [1.165, 1.54) is 0 Å². The molecule has 1 atom stereocenters. The summed E-state index contributed by atoms with van der Waals surface area (Å²) in [6, 6.07) is 7.51. The topological polar surface area (TPSA) is 47.3 Å². The molecule has 0 saturated heterocycles. The van der Waals surface area contributed by atoms with Gasteiger partial charge in [0.15, 0.2) is 0 Å². The number of aryl methyl sites for hydroxylation is 1. The third-order valence-corrected chi connectivity index (χ3v) is 2.87. The Bertz CT molecular complexity index is 506. The van der Waals surface area contributed by atoms with E-state index in [0.717, 1.165) is 23.6 Å². The highest BCUT2D eigenvalue weighted by molar-refractivity contribution is 5.29. The van der Waals surface area contributed by atoms with Crippen molar-refractivity contribution in [1.29, 1.82) is 0 Å². The van der Waals surface area contributed by atoms with Crippen LogP contribution in [0.25, 0.3) is 0 Å². The minimum Gasteiger partial charge on any atom is -0.487 e. The molecule has 1 heterocycles. The summed E-state index contributed by atoms with van der Waals surface area (Å²) in [5.41, 5.74) is 1.90. The van der Waals surface area contributed by atoms with Crippen LogP contribution in [0.5, 0.6) is 5.75 Å². The Labute approximate surface area is 107 Å². The van der Waals surface area contributed by atoms with Crippen LogP contribution >= 0.6 is 0 Å². The average Bonchev–Trinajstić information content (AvgIpc) is 2.84. The van der Waals surface area contributed by atoms with Gasteiger partial charge in [0, 0.05) is 6.54 Å². The van der Waals surface area contributed by atoms with Gasteiger partial charge < -0.3 is 14.4 Å². The highest BCUT2D eigenvalue weighted by Gasteiger charge is 2.04. The molecule has 2 aromatic rings. The van der Waals surface area contributed by atoms with Crippen LogP contribution in [0, 0.1) is 0 Å². The summed E-state index contributed by atoms with van der Waals surface area (Å²) in [7, 11) is 0. The van der Waals surface area contributed by atoms with Crippen molar-refractivity contribution in [3.05, 3.63) is 48.0 Å². The summed E-state index contributed by atoms with van der Waals surface area (Å²) >= 11 is 0. The standard InChI is InChI=1S/C14H18N2O2/c1-3-16-10-15-8-13(16)9-18-14-6-4-5-12(7-14)11(2)17/h4-8,10-11,17H,3,9H2,1-2H3/t11-/m1/s1. The van der Waals surface area contributed by atoms with E-state index in [0.29, 0.717) is 6.61 Å². The number of aliphatic hydroxyl groups excluding tert-OH is 1. The molecule has 1 aromatic carbocycles. The summed E-state index contributed by atoms with van der Waals surface area (Å²) in [6.07, 6.45) is 3.13. The Morgan fingerprint density at radius 2 is 2.28 bits per heavy atom. The molecule has 0 aliphatic heterocycles. The number of rotatable bonds is 5. The zero-order valence-corrected chi connectivity index (χ0v) is 10.7. The predicted octanol–water partition coefficient (Wildman–Crippen LogP) is 2.54. The van der Waals surface area contributed by atoms with Crippen molar-refractivity contribution in [2.24, 2.45) is 0 Å². The third-order valence-electron chi connectivity index (χ3n) is 2.87. The fourth-order valence-electron chi connectivity index (χ4n) is 1.77. The molecule has 1 aromatic heterocycles. The molecule has 4 nitrogen and oxygen atoms in total. The molecule has 0 aliphatic carbocycles. The van der Waals surface area contributed by atoms with Crippen LogP contribution in [0.3, 0.4) is 0 Å². The number of benzene rings is 1. The second kappa shape index (κ2) is 5.69. The molecule has 0 aliphatic rings. The van der Waals surface area contributed by atoms with Gasteiger partial charge in [0.2, 0.25) is 0 Å². The van der Waals surface area contributed by atoms with E-state index in [9.17, 15) is 5.11 Å². The van der Waals surface area contributed by atoms with Crippen LogP contribution in [0.1, 0.15) is 31.2 Å². The fraction of sp³-hybridized carbons (Fsp3) is 0.357. The summed E-state index contributed by atoms with van der Waals surface area (Å²) < 4.78 is 7.75. The van der Waals surface area contributed by atoms with Gasteiger partial charge in [-0.25, -0.2) is 4.98 Å². The van der Waals surface area contributed by atoms with Gasteiger partial charge in [-0.3, -0.25) is 0 Å². The highest BCUT2D eigenvalue weighted by Crippen LogP contribution is 2.19. The van der Waals surface area contributed by atoms with Gasteiger partial charge in [0.1, 0.15) is 12.4 Å². The average molecular weight is 246 g/mol. The van der Waals surface area contributed by atoms with Gasteiger partial charge in [0.25, 0.3) is 0 Å². The van der Waals surface area contributed by atoms with Crippen molar-refractivity contribution in [3.8, 4) is 5.75 Å². The van der Waals surface area contributed by atoms with Gasteiger partial charge in [-0.15, -0.1) is 0 Å². The molecule has 0 amide bonds. The van der Waals surface area contributed by atoms with Gasteiger partial charge in [-0.2, -0.15) is 0 Å². The number of nitrogens with zero attached hydrogens (tertiary/aromatic N) is 2. The summed E-state index contributed by atoms with van der Waals surface area (Å²) in [5.74, 6) is 0.761. The molecule has 0 radical (unpaired) electrons. The lowest BCUT2D eigenvalue weighted by molar-refractivity contribution is 0.198. The number of aliphatic hydroxyl groups is 1. The first-order valence-electron chi connectivity index (χ1n) is 6.10. The molecule has 1 N–H and O–H groups in total. The second-order valence-electron chi connectivity index (χ2n) is 4.21. The van der Waals surface area contributed by atoms with Crippen molar-refractivity contribution in [2.75, 3.05) is 0 Å². The molecule has 18 heavy (non-hydrogen) atoms.